The summed E-state index contributed by atoms with van der Waals surface area (Å²) in [4.78, 5) is 31.5. The van der Waals surface area contributed by atoms with Crippen LogP contribution in [0.3, 0.4) is 0 Å². The third kappa shape index (κ3) is 7.29. The number of fused-ring (bicyclic) bond motifs is 3. The number of benzene rings is 6. The fourth-order valence-electron chi connectivity index (χ4n) is 9.54. The minimum atomic E-state index is -0.582. The van der Waals surface area contributed by atoms with Gasteiger partial charge < -0.3 is 28.4 Å². The van der Waals surface area contributed by atoms with Gasteiger partial charge in [-0.05, 0) is 128 Å². The minimum absolute atomic E-state index is 0.0806. The van der Waals surface area contributed by atoms with Crippen molar-refractivity contribution in [2.24, 2.45) is 0 Å². The molecule has 0 fully saturated rings. The lowest BCUT2D eigenvalue weighted by molar-refractivity contribution is 0.0722. The Morgan fingerprint density at radius 3 is 2.16 bits per heavy atom. The van der Waals surface area contributed by atoms with Gasteiger partial charge in [-0.15, -0.1) is 0 Å². The molecule has 63 heavy (non-hydrogen) atoms. The highest BCUT2D eigenvalue weighted by molar-refractivity contribution is 6.34. The summed E-state index contributed by atoms with van der Waals surface area (Å²) in [5, 5.41) is 4.07. The van der Waals surface area contributed by atoms with E-state index in [0.29, 0.717) is 75.7 Å². The van der Waals surface area contributed by atoms with E-state index >= 15 is 4.79 Å². The Hall–Kier alpha value is -6.53. The summed E-state index contributed by atoms with van der Waals surface area (Å²) in [7, 11) is 6.94. The Morgan fingerprint density at radius 1 is 0.698 bits per heavy atom. The summed E-state index contributed by atoms with van der Waals surface area (Å²) < 4.78 is 38.3. The lowest BCUT2D eigenvalue weighted by atomic mass is 9.85. The predicted octanol–water partition coefficient (Wildman–Crippen LogP) is 10.4. The van der Waals surface area contributed by atoms with Gasteiger partial charge in [0.15, 0.2) is 34.5 Å². The molecule has 0 aromatic heterocycles. The second-order valence-electron chi connectivity index (χ2n) is 16.3. The molecule has 0 radical (unpaired) electrons. The van der Waals surface area contributed by atoms with Crippen LogP contribution in [0.2, 0.25) is 5.02 Å². The van der Waals surface area contributed by atoms with E-state index < -0.39 is 12.0 Å². The van der Waals surface area contributed by atoms with E-state index in [9.17, 15) is 4.79 Å². The van der Waals surface area contributed by atoms with Gasteiger partial charge in [-0.3, -0.25) is 9.69 Å². The first-order valence-electron chi connectivity index (χ1n) is 21.2. The molecule has 0 spiro atoms. The Kier molecular flexibility index (Phi) is 10.7. The first kappa shape index (κ1) is 40.5. The van der Waals surface area contributed by atoms with Gasteiger partial charge in [0.05, 0.1) is 49.2 Å². The molecule has 0 unspecified atom stereocenters. The maximum Gasteiger partial charge on any atom is 0.343 e. The molecule has 6 aromatic carbocycles. The number of carbonyl (C=O) groups is 2. The maximum absolute atomic E-state index is 15.1. The molecule has 0 N–H and O–H groups in total. The van der Waals surface area contributed by atoms with Crippen LogP contribution in [0.1, 0.15) is 72.6 Å². The Balaban J connectivity index is 1.24. The Labute approximate surface area is 371 Å². The predicted molar refractivity (Wildman–Crippen MR) is 239 cm³/mol. The molecule has 11 rings (SSSR count). The summed E-state index contributed by atoms with van der Waals surface area (Å²) in [6, 6.07) is 33.5. The van der Waals surface area contributed by atoms with Crippen molar-refractivity contribution in [3.63, 3.8) is 0 Å². The van der Waals surface area contributed by atoms with Gasteiger partial charge >= 0.3 is 5.97 Å². The molecule has 1 amide bonds. The summed E-state index contributed by atoms with van der Waals surface area (Å²) in [5.41, 5.74) is 7.30. The molecule has 7 bridgehead atoms. The fraction of sp³-hybridized carbons (Fsp3) is 0.255. The minimum Gasteiger partial charge on any atom is -0.493 e. The molecule has 5 aliphatic heterocycles. The van der Waals surface area contributed by atoms with E-state index in [1.165, 1.54) is 11.1 Å². The molecule has 11 nitrogen and oxygen atoms in total. The molecule has 0 saturated carbocycles. The normalized spacial score (nSPS) is 17.7. The van der Waals surface area contributed by atoms with Gasteiger partial charge in [0.2, 0.25) is 5.75 Å². The number of nitrogens with zero attached hydrogens (tertiary/aromatic N) is 3. The van der Waals surface area contributed by atoms with Crippen molar-refractivity contribution in [2.45, 2.75) is 44.2 Å². The highest BCUT2D eigenvalue weighted by Gasteiger charge is 2.44. The van der Waals surface area contributed by atoms with Crippen molar-refractivity contribution in [1.82, 2.24) is 9.91 Å². The van der Waals surface area contributed by atoms with Crippen molar-refractivity contribution in [2.75, 3.05) is 46.5 Å². The lowest BCUT2D eigenvalue weighted by Crippen LogP contribution is -2.54. The number of carbonyl (C=O) groups excluding carboxylic acids is 2. The summed E-state index contributed by atoms with van der Waals surface area (Å²) >= 11 is 6.77. The molecule has 2 atom stereocenters. The van der Waals surface area contributed by atoms with Gasteiger partial charge in [0.25, 0.3) is 5.91 Å². The second-order valence-corrected chi connectivity index (χ2v) is 16.7. The van der Waals surface area contributed by atoms with Gasteiger partial charge in [-0.1, -0.05) is 54.1 Å². The highest BCUT2D eigenvalue weighted by Crippen LogP contribution is 2.55. The van der Waals surface area contributed by atoms with Crippen LogP contribution in [0.15, 0.2) is 109 Å². The number of hydrogen-bond donors (Lipinski definition) is 0. The average Bonchev–Trinajstić information content (AvgIpc) is 3.31. The molecular formula is C51H46ClN3O8. The molecule has 0 saturated heterocycles. The number of rotatable bonds is 6. The van der Waals surface area contributed by atoms with Gasteiger partial charge in [-0.2, -0.15) is 0 Å². The van der Waals surface area contributed by atoms with Crippen LogP contribution < -0.4 is 33.4 Å². The van der Waals surface area contributed by atoms with Gasteiger partial charge in [-0.25, -0.2) is 14.8 Å². The standard InChI is InChI=1S/C51H46ClN3O8/c1-53-22-20-32-25-42(58-2)45-28-37(32)39(53)19-16-30-14-17-35(18-15-30)61-44-27-34-24-41-47-33(26-46(60-4)48(49(47)62-45)63-51(57)31-10-6-5-7-11-31)21-23-54(41)55(40(34)29-43(44)59-3)50(56)36-12-8-9-13-38(36)52/h5-15,17-18,25-29,39,41H,16,19-24H2,1-4H3/t39-,41-/m0/s1. The van der Waals surface area contributed by atoms with E-state index in [1.54, 1.807) is 74.9 Å². The zero-order chi connectivity index (χ0) is 43.4. The topological polar surface area (TPSA) is 99.2 Å². The maximum atomic E-state index is 15.1. The van der Waals surface area contributed by atoms with Gasteiger partial charge in [0.1, 0.15) is 5.75 Å². The van der Waals surface area contributed by atoms with E-state index in [4.69, 9.17) is 40.0 Å². The summed E-state index contributed by atoms with van der Waals surface area (Å²) in [5.74, 6) is 2.45. The third-order valence-corrected chi connectivity index (χ3v) is 13.1. The van der Waals surface area contributed by atoms with Crippen molar-refractivity contribution in [1.29, 1.82) is 0 Å². The number of esters is 1. The average molecular weight is 864 g/mol. The van der Waals surface area contributed by atoms with Crippen molar-refractivity contribution < 1.29 is 38.0 Å². The molecule has 5 heterocycles. The third-order valence-electron chi connectivity index (χ3n) is 12.7. The highest BCUT2D eigenvalue weighted by atomic mass is 35.5. The second kappa shape index (κ2) is 16.6. The Bertz CT molecular complexity index is 2760. The van der Waals surface area contributed by atoms with E-state index in [2.05, 4.69) is 41.2 Å². The monoisotopic (exact) mass is 863 g/mol. The number of anilines is 1. The van der Waals surface area contributed by atoms with Crippen LogP contribution >= 0.6 is 11.6 Å². The van der Waals surface area contributed by atoms with Crippen LogP contribution in [0, 0.1) is 0 Å². The zero-order valence-electron chi connectivity index (χ0n) is 35.5. The molecule has 320 valence electrons. The van der Waals surface area contributed by atoms with Crippen molar-refractivity contribution in [3.05, 3.63) is 159 Å². The molecule has 12 heteroatoms. The van der Waals surface area contributed by atoms with Crippen molar-refractivity contribution in [3.8, 4) is 46.0 Å². The van der Waals surface area contributed by atoms with E-state index in [-0.39, 0.29) is 23.4 Å². The summed E-state index contributed by atoms with van der Waals surface area (Å²) in [6.07, 6.45) is 3.44. The van der Waals surface area contributed by atoms with Crippen LogP contribution in [0.5, 0.6) is 46.0 Å². The van der Waals surface area contributed by atoms with E-state index in [0.717, 1.165) is 48.1 Å². The van der Waals surface area contributed by atoms with Crippen LogP contribution in [0.4, 0.5) is 5.69 Å². The zero-order valence-corrected chi connectivity index (χ0v) is 36.2. The lowest BCUT2D eigenvalue weighted by Gasteiger charge is -2.48. The quantitative estimate of drug-likeness (QED) is 0.119. The van der Waals surface area contributed by atoms with Crippen LogP contribution in [-0.2, 0) is 25.7 Å². The molecule has 5 aliphatic rings. The first-order valence-corrected chi connectivity index (χ1v) is 21.5. The first-order chi connectivity index (χ1) is 30.7. The number of methoxy groups -OCH3 is 3. The largest absolute Gasteiger partial charge is 0.493 e. The molecular weight excluding hydrogens is 818 g/mol. The smallest absolute Gasteiger partial charge is 0.343 e. The molecule has 0 aliphatic carbocycles. The number of ether oxygens (including phenoxy) is 6. The number of aryl methyl sites for hydroxylation is 1. The molecule has 6 aromatic rings. The van der Waals surface area contributed by atoms with Crippen LogP contribution in [0.25, 0.3) is 0 Å². The van der Waals surface area contributed by atoms with Gasteiger partial charge in [0, 0.05) is 30.8 Å². The van der Waals surface area contributed by atoms with Crippen molar-refractivity contribution >= 4 is 29.2 Å². The van der Waals surface area contributed by atoms with Crippen LogP contribution in [-0.4, -0.2) is 63.3 Å². The number of amides is 1. The number of likely N-dealkylation sites (N-methyl/N-ethyl adjacent to an activating group) is 1. The summed E-state index contributed by atoms with van der Waals surface area (Å²) in [6.45, 7) is 1.34. The fourth-order valence-corrected chi connectivity index (χ4v) is 9.76. The SMILES string of the molecule is COc1cc2c3cc1Oc1ccc(cc1)CC[C@H]1c4cc(c(OC)cc4CCN1C)Oc1c(OC(=O)c4ccccc4)c(OC)cc4c1[C@H](C3)N(CC4)N2C(=O)c1ccccc1Cl. The Morgan fingerprint density at radius 2 is 1.40 bits per heavy atom. The van der Waals surface area contributed by atoms with E-state index in [1.807, 2.05) is 36.4 Å². The number of halogens is 1. The number of hydrogen-bond acceptors (Lipinski definition) is 10. The number of hydrazine groups is 1.